The quantitative estimate of drug-likeness (QED) is 0.768. The summed E-state index contributed by atoms with van der Waals surface area (Å²) in [6.45, 7) is 9.25. The molecule has 2 heterocycles. The Morgan fingerprint density at radius 1 is 1.33 bits per heavy atom. The second-order valence-electron chi connectivity index (χ2n) is 7.12. The van der Waals surface area contributed by atoms with Gasteiger partial charge in [0.15, 0.2) is 0 Å². The SMILES string of the molecule is Cc1ccc(Br)nc1NC(=O)[C@@H]1CC[C@@H](C)N1C(=O)OC(C)(C)C. The van der Waals surface area contributed by atoms with Crippen molar-refractivity contribution in [3.8, 4) is 0 Å². The van der Waals surface area contributed by atoms with Gasteiger partial charge in [-0.3, -0.25) is 9.69 Å². The van der Waals surface area contributed by atoms with Crippen LogP contribution in [0.3, 0.4) is 0 Å². The lowest BCUT2D eigenvalue weighted by Crippen LogP contribution is -2.48. The number of hydrogen-bond donors (Lipinski definition) is 1. The number of likely N-dealkylation sites (tertiary alicyclic amines) is 1. The van der Waals surface area contributed by atoms with Crippen molar-refractivity contribution in [2.24, 2.45) is 0 Å². The Kier molecular flexibility index (Phi) is 5.52. The molecular formula is C17H24BrN3O3. The molecule has 0 saturated carbocycles. The van der Waals surface area contributed by atoms with Crippen molar-refractivity contribution in [3.05, 3.63) is 22.3 Å². The summed E-state index contributed by atoms with van der Waals surface area (Å²) in [5, 5.41) is 2.83. The first-order chi connectivity index (χ1) is 11.1. The van der Waals surface area contributed by atoms with E-state index >= 15 is 0 Å². The third-order valence-electron chi connectivity index (χ3n) is 3.88. The van der Waals surface area contributed by atoms with Crippen LogP contribution in [0.1, 0.15) is 46.1 Å². The van der Waals surface area contributed by atoms with Crippen LogP contribution in [0.5, 0.6) is 0 Å². The Hall–Kier alpha value is -1.63. The fourth-order valence-corrected chi connectivity index (χ4v) is 3.00. The summed E-state index contributed by atoms with van der Waals surface area (Å²) < 4.78 is 6.09. The van der Waals surface area contributed by atoms with Crippen molar-refractivity contribution < 1.29 is 14.3 Å². The number of rotatable bonds is 2. The highest BCUT2D eigenvalue weighted by Gasteiger charge is 2.41. The van der Waals surface area contributed by atoms with E-state index in [0.29, 0.717) is 16.8 Å². The molecule has 1 fully saturated rings. The van der Waals surface area contributed by atoms with Gasteiger partial charge in [-0.15, -0.1) is 0 Å². The fourth-order valence-electron chi connectivity index (χ4n) is 2.70. The summed E-state index contributed by atoms with van der Waals surface area (Å²) in [7, 11) is 0. The van der Waals surface area contributed by atoms with E-state index in [1.165, 1.54) is 4.90 Å². The zero-order valence-electron chi connectivity index (χ0n) is 14.7. The summed E-state index contributed by atoms with van der Waals surface area (Å²) in [4.78, 5) is 31.0. The van der Waals surface area contributed by atoms with Crippen LogP contribution < -0.4 is 5.32 Å². The lowest BCUT2D eigenvalue weighted by molar-refractivity contribution is -0.120. The number of aromatic nitrogens is 1. The first-order valence-corrected chi connectivity index (χ1v) is 8.83. The number of halogens is 1. The third kappa shape index (κ3) is 4.47. The van der Waals surface area contributed by atoms with Crippen LogP contribution >= 0.6 is 15.9 Å². The second kappa shape index (κ2) is 7.09. The summed E-state index contributed by atoms with van der Waals surface area (Å²) >= 11 is 3.30. The standard InChI is InChI=1S/C17H24BrN3O3/c1-10-6-9-13(18)19-14(10)20-15(22)12-8-7-11(2)21(12)16(23)24-17(3,4)5/h6,9,11-12H,7-8H2,1-5H3,(H,19,20,22)/t11-,12+/m1/s1. The molecule has 0 spiro atoms. The Balaban J connectivity index is 2.15. The van der Waals surface area contributed by atoms with Crippen molar-refractivity contribution in [1.82, 2.24) is 9.88 Å². The number of ether oxygens (including phenoxy) is 1. The molecule has 24 heavy (non-hydrogen) atoms. The van der Waals surface area contributed by atoms with Crippen LogP contribution in [0.15, 0.2) is 16.7 Å². The van der Waals surface area contributed by atoms with E-state index in [-0.39, 0.29) is 11.9 Å². The van der Waals surface area contributed by atoms with Gasteiger partial charge in [0.05, 0.1) is 0 Å². The van der Waals surface area contributed by atoms with E-state index in [1.54, 1.807) is 0 Å². The van der Waals surface area contributed by atoms with E-state index in [4.69, 9.17) is 4.74 Å². The summed E-state index contributed by atoms with van der Waals surface area (Å²) in [5.41, 5.74) is 0.268. The normalized spacial score (nSPS) is 20.8. The van der Waals surface area contributed by atoms with Gasteiger partial charge in [-0.2, -0.15) is 0 Å². The number of nitrogens with zero attached hydrogens (tertiary/aromatic N) is 2. The van der Waals surface area contributed by atoms with E-state index in [2.05, 4.69) is 26.2 Å². The van der Waals surface area contributed by atoms with Crippen LogP contribution in [-0.4, -0.2) is 39.6 Å². The number of amides is 2. The molecule has 0 aliphatic carbocycles. The molecule has 1 aromatic heterocycles. The average molecular weight is 398 g/mol. The van der Waals surface area contributed by atoms with Crippen LogP contribution in [0.2, 0.25) is 0 Å². The van der Waals surface area contributed by atoms with Gasteiger partial charge in [0, 0.05) is 6.04 Å². The molecule has 1 aliphatic rings. The number of aryl methyl sites for hydroxylation is 1. The first kappa shape index (κ1) is 18.7. The Labute approximate surface area is 151 Å². The highest BCUT2D eigenvalue weighted by molar-refractivity contribution is 9.10. The molecule has 1 N–H and O–H groups in total. The maximum atomic E-state index is 12.7. The molecule has 2 atom stereocenters. The summed E-state index contributed by atoms with van der Waals surface area (Å²) in [6.07, 6.45) is 0.924. The maximum absolute atomic E-state index is 12.7. The Bertz CT molecular complexity index is 642. The van der Waals surface area contributed by atoms with E-state index in [9.17, 15) is 9.59 Å². The predicted octanol–water partition coefficient (Wildman–Crippen LogP) is 3.88. The minimum Gasteiger partial charge on any atom is -0.444 e. The summed E-state index contributed by atoms with van der Waals surface area (Å²) in [5.74, 6) is 0.261. The molecule has 1 aromatic rings. The molecule has 6 nitrogen and oxygen atoms in total. The number of nitrogens with one attached hydrogen (secondary N) is 1. The van der Waals surface area contributed by atoms with Gasteiger partial charge in [-0.25, -0.2) is 9.78 Å². The minimum atomic E-state index is -0.594. The monoisotopic (exact) mass is 397 g/mol. The lowest BCUT2D eigenvalue weighted by atomic mass is 10.2. The molecule has 2 rings (SSSR count). The maximum Gasteiger partial charge on any atom is 0.411 e. The molecular weight excluding hydrogens is 374 g/mol. The number of pyridine rings is 1. The van der Waals surface area contributed by atoms with Gasteiger partial charge in [0.2, 0.25) is 5.91 Å². The lowest BCUT2D eigenvalue weighted by Gasteiger charge is -2.30. The topological polar surface area (TPSA) is 71.5 Å². The van der Waals surface area contributed by atoms with Crippen LogP contribution in [0.4, 0.5) is 10.6 Å². The third-order valence-corrected chi connectivity index (χ3v) is 4.32. The van der Waals surface area contributed by atoms with Gasteiger partial charge in [0.1, 0.15) is 22.1 Å². The van der Waals surface area contributed by atoms with Crippen molar-refractivity contribution in [1.29, 1.82) is 0 Å². The van der Waals surface area contributed by atoms with Gasteiger partial charge >= 0.3 is 6.09 Å². The van der Waals surface area contributed by atoms with Gasteiger partial charge in [-0.05, 0) is 75.0 Å². The van der Waals surface area contributed by atoms with Gasteiger partial charge in [0.25, 0.3) is 0 Å². The van der Waals surface area contributed by atoms with E-state index in [0.717, 1.165) is 12.0 Å². The number of carbonyl (C=O) groups is 2. The van der Waals surface area contributed by atoms with Crippen molar-refractivity contribution in [3.63, 3.8) is 0 Å². The molecule has 0 aromatic carbocycles. The first-order valence-electron chi connectivity index (χ1n) is 8.04. The van der Waals surface area contributed by atoms with E-state index < -0.39 is 17.7 Å². The molecule has 2 amide bonds. The molecule has 1 saturated heterocycles. The fraction of sp³-hybridized carbons (Fsp3) is 0.588. The highest BCUT2D eigenvalue weighted by Crippen LogP contribution is 2.27. The number of carbonyl (C=O) groups excluding carboxylic acids is 2. The average Bonchev–Trinajstić information content (AvgIpc) is 2.83. The van der Waals surface area contributed by atoms with Crippen LogP contribution in [0.25, 0.3) is 0 Å². The molecule has 0 unspecified atom stereocenters. The van der Waals surface area contributed by atoms with Crippen LogP contribution in [0, 0.1) is 6.92 Å². The molecule has 0 bridgehead atoms. The molecule has 0 radical (unpaired) electrons. The predicted molar refractivity (Wildman–Crippen MR) is 95.9 cm³/mol. The van der Waals surface area contributed by atoms with E-state index in [1.807, 2.05) is 46.8 Å². The van der Waals surface area contributed by atoms with Gasteiger partial charge in [-0.1, -0.05) is 6.07 Å². The molecule has 1 aliphatic heterocycles. The van der Waals surface area contributed by atoms with Crippen molar-refractivity contribution >= 4 is 33.7 Å². The zero-order chi connectivity index (χ0) is 18.1. The molecule has 132 valence electrons. The van der Waals surface area contributed by atoms with Crippen molar-refractivity contribution in [2.75, 3.05) is 5.32 Å². The van der Waals surface area contributed by atoms with Crippen LogP contribution in [-0.2, 0) is 9.53 Å². The highest BCUT2D eigenvalue weighted by atomic mass is 79.9. The largest absolute Gasteiger partial charge is 0.444 e. The number of hydrogen-bond acceptors (Lipinski definition) is 4. The minimum absolute atomic E-state index is 0.0350. The number of anilines is 1. The Morgan fingerprint density at radius 2 is 2.00 bits per heavy atom. The smallest absolute Gasteiger partial charge is 0.411 e. The van der Waals surface area contributed by atoms with Crippen molar-refractivity contribution in [2.45, 2.75) is 65.1 Å². The Morgan fingerprint density at radius 3 is 2.62 bits per heavy atom. The van der Waals surface area contributed by atoms with Gasteiger partial charge < -0.3 is 10.1 Å². The second-order valence-corrected chi connectivity index (χ2v) is 7.93. The molecule has 7 heteroatoms. The zero-order valence-corrected chi connectivity index (χ0v) is 16.3. The summed E-state index contributed by atoms with van der Waals surface area (Å²) in [6, 6.07) is 3.10.